The SMILES string of the molecule is C[C@@H]1c2nc(C3CC3)nn2CCN1C(=O)c1cn(C2CCC(N)CC2)nn1. The van der Waals surface area contributed by atoms with Crippen LogP contribution in [0.4, 0.5) is 0 Å². The van der Waals surface area contributed by atoms with Crippen molar-refractivity contribution in [2.75, 3.05) is 6.54 Å². The van der Waals surface area contributed by atoms with Crippen LogP contribution in [-0.4, -0.2) is 53.2 Å². The average Bonchev–Trinajstić information content (AvgIpc) is 3.24. The van der Waals surface area contributed by atoms with Crippen molar-refractivity contribution < 1.29 is 4.79 Å². The molecule has 144 valence electrons. The van der Waals surface area contributed by atoms with E-state index in [1.165, 1.54) is 12.8 Å². The van der Waals surface area contributed by atoms with Crippen LogP contribution in [0, 0.1) is 0 Å². The summed E-state index contributed by atoms with van der Waals surface area (Å²) in [6.07, 6.45) is 8.12. The molecule has 1 amide bonds. The Morgan fingerprint density at radius 3 is 2.67 bits per heavy atom. The number of aromatic nitrogens is 6. The van der Waals surface area contributed by atoms with E-state index in [-0.39, 0.29) is 18.0 Å². The first kappa shape index (κ1) is 16.9. The van der Waals surface area contributed by atoms with Gasteiger partial charge in [-0.3, -0.25) is 4.79 Å². The molecule has 3 heterocycles. The van der Waals surface area contributed by atoms with E-state index < -0.39 is 0 Å². The minimum absolute atomic E-state index is 0.0801. The Bertz CT molecular complexity index is 845. The molecule has 5 rings (SSSR count). The summed E-state index contributed by atoms with van der Waals surface area (Å²) in [6.45, 7) is 3.31. The van der Waals surface area contributed by atoms with Crippen LogP contribution in [0.5, 0.6) is 0 Å². The van der Waals surface area contributed by atoms with Gasteiger partial charge < -0.3 is 10.6 Å². The van der Waals surface area contributed by atoms with Crippen LogP contribution in [0.1, 0.15) is 85.6 Å². The lowest BCUT2D eigenvalue weighted by molar-refractivity contribution is 0.0624. The van der Waals surface area contributed by atoms with Crippen molar-refractivity contribution >= 4 is 5.91 Å². The van der Waals surface area contributed by atoms with Crippen LogP contribution in [0.15, 0.2) is 6.20 Å². The highest BCUT2D eigenvalue weighted by molar-refractivity contribution is 5.92. The molecule has 9 nitrogen and oxygen atoms in total. The van der Waals surface area contributed by atoms with Crippen molar-refractivity contribution in [2.24, 2.45) is 5.73 Å². The van der Waals surface area contributed by atoms with E-state index in [0.29, 0.717) is 30.7 Å². The zero-order valence-corrected chi connectivity index (χ0v) is 15.7. The second-order valence-corrected chi connectivity index (χ2v) is 8.15. The van der Waals surface area contributed by atoms with E-state index in [4.69, 9.17) is 10.7 Å². The van der Waals surface area contributed by atoms with Crippen LogP contribution >= 0.6 is 0 Å². The smallest absolute Gasteiger partial charge is 0.276 e. The lowest BCUT2D eigenvalue weighted by Gasteiger charge is -2.32. The first-order valence-electron chi connectivity index (χ1n) is 10.0. The molecule has 0 spiro atoms. The Morgan fingerprint density at radius 1 is 1.15 bits per heavy atom. The number of hydrogen-bond acceptors (Lipinski definition) is 6. The van der Waals surface area contributed by atoms with E-state index in [9.17, 15) is 4.79 Å². The Hall–Kier alpha value is -2.29. The number of fused-ring (bicyclic) bond motifs is 1. The lowest BCUT2D eigenvalue weighted by atomic mass is 9.92. The number of hydrogen-bond donors (Lipinski definition) is 1. The summed E-state index contributed by atoms with van der Waals surface area (Å²) >= 11 is 0. The highest BCUT2D eigenvalue weighted by atomic mass is 16.2. The number of nitrogens with two attached hydrogens (primary N) is 1. The van der Waals surface area contributed by atoms with Gasteiger partial charge in [0.25, 0.3) is 5.91 Å². The fraction of sp³-hybridized carbons (Fsp3) is 0.722. The molecule has 27 heavy (non-hydrogen) atoms. The monoisotopic (exact) mass is 370 g/mol. The molecule has 0 unspecified atom stereocenters. The number of nitrogens with zero attached hydrogens (tertiary/aromatic N) is 7. The number of amides is 1. The summed E-state index contributed by atoms with van der Waals surface area (Å²) in [7, 11) is 0. The summed E-state index contributed by atoms with van der Waals surface area (Å²) < 4.78 is 3.81. The Labute approximate surface area is 157 Å². The van der Waals surface area contributed by atoms with Gasteiger partial charge in [0.2, 0.25) is 0 Å². The zero-order chi connectivity index (χ0) is 18.5. The van der Waals surface area contributed by atoms with Crippen molar-refractivity contribution in [1.29, 1.82) is 0 Å². The van der Waals surface area contributed by atoms with Crippen LogP contribution in [0.2, 0.25) is 0 Å². The van der Waals surface area contributed by atoms with Gasteiger partial charge in [-0.25, -0.2) is 14.3 Å². The molecular weight excluding hydrogens is 344 g/mol. The standard InChI is InChI=1S/C18H26N8O/c1-11-17-20-16(12-2-3-12)22-25(17)9-8-24(11)18(27)15-10-26(23-21-15)14-6-4-13(19)5-7-14/h10-14H,2-9,19H2,1H3/t11-,13?,14?/m1/s1. The maximum Gasteiger partial charge on any atom is 0.276 e. The summed E-state index contributed by atoms with van der Waals surface area (Å²) in [5.74, 6) is 2.25. The van der Waals surface area contributed by atoms with Gasteiger partial charge in [0, 0.05) is 18.5 Å². The fourth-order valence-corrected chi connectivity index (χ4v) is 4.24. The van der Waals surface area contributed by atoms with Crippen LogP contribution < -0.4 is 5.73 Å². The molecule has 1 aliphatic heterocycles. The molecule has 0 aromatic carbocycles. The minimum atomic E-state index is -0.107. The van der Waals surface area contributed by atoms with Crippen molar-refractivity contribution in [2.45, 2.75) is 76.0 Å². The van der Waals surface area contributed by atoms with Crippen molar-refractivity contribution in [3.8, 4) is 0 Å². The molecule has 1 atom stereocenters. The van der Waals surface area contributed by atoms with E-state index in [1.54, 1.807) is 6.20 Å². The Kier molecular flexibility index (Phi) is 3.99. The predicted molar refractivity (Wildman–Crippen MR) is 97.0 cm³/mol. The topological polar surface area (TPSA) is 108 Å². The van der Waals surface area contributed by atoms with Gasteiger partial charge >= 0.3 is 0 Å². The normalized spacial score (nSPS) is 28.2. The van der Waals surface area contributed by atoms with Gasteiger partial charge in [-0.15, -0.1) is 5.10 Å². The van der Waals surface area contributed by atoms with Crippen molar-refractivity contribution in [1.82, 2.24) is 34.7 Å². The Balaban J connectivity index is 1.32. The van der Waals surface area contributed by atoms with E-state index in [1.807, 2.05) is 21.2 Å². The van der Waals surface area contributed by atoms with Crippen molar-refractivity contribution in [3.63, 3.8) is 0 Å². The summed E-state index contributed by atoms with van der Waals surface area (Å²) in [5.41, 5.74) is 6.39. The third-order valence-corrected chi connectivity index (χ3v) is 6.16. The van der Waals surface area contributed by atoms with Gasteiger partial charge in [-0.05, 0) is 45.4 Å². The molecule has 2 N–H and O–H groups in total. The lowest BCUT2D eigenvalue weighted by Crippen LogP contribution is -2.41. The van der Waals surface area contributed by atoms with Crippen LogP contribution in [0.3, 0.4) is 0 Å². The van der Waals surface area contributed by atoms with Gasteiger partial charge in [0.15, 0.2) is 11.5 Å². The summed E-state index contributed by atoms with van der Waals surface area (Å²) in [4.78, 5) is 19.6. The predicted octanol–water partition coefficient (Wildman–Crippen LogP) is 1.41. The molecule has 2 aromatic rings. The molecule has 0 radical (unpaired) electrons. The fourth-order valence-electron chi connectivity index (χ4n) is 4.24. The molecule has 2 saturated carbocycles. The minimum Gasteiger partial charge on any atom is -0.328 e. The molecule has 2 fully saturated rings. The van der Waals surface area contributed by atoms with Gasteiger partial charge in [-0.2, -0.15) is 5.10 Å². The van der Waals surface area contributed by atoms with Crippen LogP contribution in [0.25, 0.3) is 0 Å². The summed E-state index contributed by atoms with van der Waals surface area (Å²) in [5, 5.41) is 13.0. The van der Waals surface area contributed by atoms with Crippen molar-refractivity contribution in [3.05, 3.63) is 23.5 Å². The molecule has 9 heteroatoms. The Morgan fingerprint density at radius 2 is 1.93 bits per heavy atom. The summed E-state index contributed by atoms with van der Waals surface area (Å²) in [6, 6.07) is 0.476. The third kappa shape index (κ3) is 3.03. The highest BCUT2D eigenvalue weighted by Crippen LogP contribution is 2.39. The van der Waals surface area contributed by atoms with E-state index in [2.05, 4.69) is 15.4 Å². The quantitative estimate of drug-likeness (QED) is 0.875. The maximum absolute atomic E-state index is 13.1. The molecule has 2 aromatic heterocycles. The second kappa shape index (κ2) is 6.40. The molecular formula is C18H26N8O. The van der Waals surface area contributed by atoms with Gasteiger partial charge in [0.1, 0.15) is 5.82 Å². The third-order valence-electron chi connectivity index (χ3n) is 6.16. The average molecular weight is 370 g/mol. The second-order valence-electron chi connectivity index (χ2n) is 8.15. The number of carbonyl (C=O) groups excluding carboxylic acids is 1. The van der Waals surface area contributed by atoms with Crippen LogP contribution in [-0.2, 0) is 6.54 Å². The first-order valence-corrected chi connectivity index (χ1v) is 10.0. The maximum atomic E-state index is 13.1. The first-order chi connectivity index (χ1) is 13.1. The molecule has 0 saturated heterocycles. The number of carbonyl (C=O) groups is 1. The molecule has 2 aliphatic carbocycles. The van der Waals surface area contributed by atoms with E-state index in [0.717, 1.165) is 37.3 Å². The van der Waals surface area contributed by atoms with Gasteiger partial charge in [-0.1, -0.05) is 5.21 Å². The van der Waals surface area contributed by atoms with Gasteiger partial charge in [0.05, 0.1) is 24.8 Å². The number of rotatable bonds is 3. The molecule has 3 aliphatic rings. The zero-order valence-electron chi connectivity index (χ0n) is 15.7. The largest absolute Gasteiger partial charge is 0.328 e. The highest BCUT2D eigenvalue weighted by Gasteiger charge is 2.35. The van der Waals surface area contributed by atoms with E-state index >= 15 is 0 Å². The molecule has 0 bridgehead atoms.